The van der Waals surface area contributed by atoms with Crippen molar-refractivity contribution in [2.45, 2.75) is 0 Å². The molecule has 3 heterocycles. The predicted molar refractivity (Wildman–Crippen MR) is 71.5 cm³/mol. The van der Waals surface area contributed by atoms with Crippen LogP contribution in [0.15, 0.2) is 36.7 Å². The third kappa shape index (κ3) is 1.86. The first kappa shape index (κ1) is 11.7. The summed E-state index contributed by atoms with van der Waals surface area (Å²) in [6.45, 7) is 0.216. The Morgan fingerprint density at radius 3 is 2.95 bits per heavy atom. The molecule has 7 nitrogen and oxygen atoms in total. The van der Waals surface area contributed by atoms with E-state index in [0.717, 1.165) is 5.56 Å². The molecule has 3 aromatic rings. The van der Waals surface area contributed by atoms with Gasteiger partial charge in [0, 0.05) is 24.0 Å². The highest BCUT2D eigenvalue weighted by Gasteiger charge is 2.15. The van der Waals surface area contributed by atoms with Crippen molar-refractivity contribution in [3.63, 3.8) is 0 Å². The van der Waals surface area contributed by atoms with E-state index in [1.165, 1.54) is 16.9 Å². The molecule has 0 unspecified atom stereocenters. The van der Waals surface area contributed by atoms with Crippen LogP contribution in [-0.4, -0.2) is 32.5 Å². The molecule has 2 aromatic heterocycles. The van der Waals surface area contributed by atoms with E-state index < -0.39 is 5.97 Å². The molecule has 1 aliphatic rings. The number of rotatable bonds is 2. The van der Waals surface area contributed by atoms with Gasteiger partial charge < -0.3 is 14.6 Å². The molecular weight excluding hydrogens is 274 g/mol. The number of fused-ring (bicyclic) bond motifs is 2. The number of carboxylic acid groups (broad SMARTS) is 1. The first-order valence-corrected chi connectivity index (χ1v) is 6.19. The fourth-order valence-electron chi connectivity index (χ4n) is 2.18. The topological polar surface area (TPSA) is 86.0 Å². The van der Waals surface area contributed by atoms with Crippen LogP contribution in [-0.2, 0) is 0 Å². The maximum Gasteiger partial charge on any atom is 0.338 e. The normalized spacial score (nSPS) is 12.8. The van der Waals surface area contributed by atoms with Crippen molar-refractivity contribution >= 4 is 11.6 Å². The number of carboxylic acids is 1. The molecule has 21 heavy (non-hydrogen) atoms. The highest BCUT2D eigenvalue weighted by molar-refractivity contribution is 5.87. The summed E-state index contributed by atoms with van der Waals surface area (Å²) in [6.07, 6.45) is 2.74. The minimum absolute atomic E-state index is 0.0860. The zero-order valence-corrected chi connectivity index (χ0v) is 10.7. The van der Waals surface area contributed by atoms with Crippen molar-refractivity contribution < 1.29 is 19.4 Å². The van der Waals surface area contributed by atoms with E-state index in [4.69, 9.17) is 14.6 Å². The summed E-state index contributed by atoms with van der Waals surface area (Å²) in [6, 6.07) is 7.30. The van der Waals surface area contributed by atoms with Crippen molar-refractivity contribution in [1.29, 1.82) is 0 Å². The fourth-order valence-corrected chi connectivity index (χ4v) is 2.18. The highest BCUT2D eigenvalue weighted by atomic mass is 16.7. The lowest BCUT2D eigenvalue weighted by molar-refractivity contribution is 0.0695. The minimum atomic E-state index is -1.04. The van der Waals surface area contributed by atoms with Gasteiger partial charge in [-0.2, -0.15) is 5.10 Å². The van der Waals surface area contributed by atoms with Crippen LogP contribution in [0.5, 0.6) is 11.5 Å². The molecule has 104 valence electrons. The van der Waals surface area contributed by atoms with Crippen LogP contribution >= 0.6 is 0 Å². The molecule has 1 aliphatic heterocycles. The lowest BCUT2D eigenvalue weighted by atomic mass is 10.1. The molecule has 0 spiro atoms. The molecule has 0 aliphatic carbocycles. The zero-order valence-electron chi connectivity index (χ0n) is 10.7. The van der Waals surface area contributed by atoms with Crippen molar-refractivity contribution in [3.05, 3.63) is 42.2 Å². The van der Waals surface area contributed by atoms with E-state index in [1.54, 1.807) is 6.07 Å². The Morgan fingerprint density at radius 1 is 1.24 bits per heavy atom. The maximum absolute atomic E-state index is 10.9. The number of ether oxygens (including phenoxy) is 2. The summed E-state index contributed by atoms with van der Waals surface area (Å²) < 4.78 is 12.0. The van der Waals surface area contributed by atoms with E-state index in [0.29, 0.717) is 22.8 Å². The molecule has 0 saturated carbocycles. The average Bonchev–Trinajstić information content (AvgIpc) is 3.11. The van der Waals surface area contributed by atoms with Crippen LogP contribution < -0.4 is 9.47 Å². The second kappa shape index (κ2) is 4.20. The van der Waals surface area contributed by atoms with Gasteiger partial charge in [-0.1, -0.05) is 0 Å². The molecular formula is C14H9N3O4. The summed E-state index contributed by atoms with van der Waals surface area (Å²) >= 11 is 0. The van der Waals surface area contributed by atoms with Crippen LogP contribution in [0.2, 0.25) is 0 Å². The molecule has 0 fully saturated rings. The predicted octanol–water partition coefficient (Wildman–Crippen LogP) is 1.82. The summed E-state index contributed by atoms with van der Waals surface area (Å²) in [7, 11) is 0. The molecule has 4 rings (SSSR count). The van der Waals surface area contributed by atoms with Gasteiger partial charge in [-0.05, 0) is 18.2 Å². The number of benzene rings is 1. The quantitative estimate of drug-likeness (QED) is 0.772. The number of aromatic carboxylic acids is 1. The highest BCUT2D eigenvalue weighted by Crippen LogP contribution is 2.35. The van der Waals surface area contributed by atoms with E-state index in [2.05, 4.69) is 10.1 Å². The van der Waals surface area contributed by atoms with Gasteiger partial charge in [-0.25, -0.2) is 14.3 Å². The van der Waals surface area contributed by atoms with Crippen molar-refractivity contribution in [1.82, 2.24) is 14.6 Å². The Balaban J connectivity index is 1.81. The van der Waals surface area contributed by atoms with Crippen LogP contribution in [0.3, 0.4) is 0 Å². The van der Waals surface area contributed by atoms with Crippen LogP contribution in [0, 0.1) is 0 Å². The van der Waals surface area contributed by atoms with Crippen molar-refractivity contribution in [3.8, 4) is 22.8 Å². The first-order chi connectivity index (χ1) is 10.2. The second-order valence-electron chi connectivity index (χ2n) is 4.55. The number of carbonyl (C=O) groups is 1. The van der Waals surface area contributed by atoms with E-state index in [-0.39, 0.29) is 12.4 Å². The summed E-state index contributed by atoms with van der Waals surface area (Å²) in [4.78, 5) is 15.0. The van der Waals surface area contributed by atoms with Crippen LogP contribution in [0.4, 0.5) is 0 Å². The summed E-state index contributed by atoms with van der Waals surface area (Å²) in [5.74, 6) is 0.335. The van der Waals surface area contributed by atoms with Crippen molar-refractivity contribution in [2.75, 3.05) is 6.79 Å². The monoisotopic (exact) mass is 283 g/mol. The molecule has 0 bridgehead atoms. The van der Waals surface area contributed by atoms with Crippen LogP contribution in [0.25, 0.3) is 16.9 Å². The number of hydrogen-bond donors (Lipinski definition) is 1. The van der Waals surface area contributed by atoms with E-state index in [1.807, 2.05) is 18.2 Å². The SMILES string of the molecule is O=C(O)c1cnc2cc(-c3ccc4c(c3)OCO4)nn2c1. The van der Waals surface area contributed by atoms with Gasteiger partial charge >= 0.3 is 5.97 Å². The fraction of sp³-hybridized carbons (Fsp3) is 0.0714. The largest absolute Gasteiger partial charge is 0.478 e. The molecule has 0 atom stereocenters. The number of nitrogens with zero attached hydrogens (tertiary/aromatic N) is 3. The molecule has 1 N–H and O–H groups in total. The lowest BCUT2D eigenvalue weighted by Gasteiger charge is -1.99. The Bertz CT molecular complexity index is 872. The average molecular weight is 283 g/mol. The van der Waals surface area contributed by atoms with Gasteiger partial charge in [0.25, 0.3) is 0 Å². The number of aromatic nitrogens is 3. The Kier molecular flexibility index (Phi) is 2.34. The van der Waals surface area contributed by atoms with Crippen molar-refractivity contribution in [2.24, 2.45) is 0 Å². The third-order valence-electron chi connectivity index (χ3n) is 3.23. The smallest absolute Gasteiger partial charge is 0.338 e. The van der Waals surface area contributed by atoms with Gasteiger partial charge in [0.15, 0.2) is 17.1 Å². The molecule has 0 radical (unpaired) electrons. The van der Waals surface area contributed by atoms with Crippen LogP contribution in [0.1, 0.15) is 10.4 Å². The molecule has 1 aromatic carbocycles. The van der Waals surface area contributed by atoms with Gasteiger partial charge in [0.1, 0.15) is 0 Å². The Hall–Kier alpha value is -3.09. The van der Waals surface area contributed by atoms with Gasteiger partial charge in [0.05, 0.1) is 11.3 Å². The lowest BCUT2D eigenvalue weighted by Crippen LogP contribution is -2.00. The minimum Gasteiger partial charge on any atom is -0.478 e. The number of hydrogen-bond acceptors (Lipinski definition) is 5. The van der Waals surface area contributed by atoms with E-state index >= 15 is 0 Å². The standard InChI is InChI=1S/C14H9N3O4/c18-14(19)9-5-15-13-4-10(16-17(13)6-9)8-1-2-11-12(3-8)21-7-20-11/h1-6H,7H2,(H,18,19). The van der Waals surface area contributed by atoms with Gasteiger partial charge in [0.2, 0.25) is 6.79 Å². The Morgan fingerprint density at radius 2 is 2.10 bits per heavy atom. The molecule has 7 heteroatoms. The summed E-state index contributed by atoms with van der Waals surface area (Å²) in [5, 5.41) is 13.3. The van der Waals surface area contributed by atoms with Gasteiger partial charge in [-0.3, -0.25) is 0 Å². The second-order valence-corrected chi connectivity index (χ2v) is 4.55. The summed E-state index contributed by atoms with van der Waals surface area (Å²) in [5.41, 5.74) is 2.19. The maximum atomic E-state index is 10.9. The molecule has 0 saturated heterocycles. The molecule has 0 amide bonds. The third-order valence-corrected chi connectivity index (χ3v) is 3.23. The zero-order chi connectivity index (χ0) is 14.4. The Labute approximate surface area is 118 Å². The van der Waals surface area contributed by atoms with E-state index in [9.17, 15) is 4.79 Å². The first-order valence-electron chi connectivity index (χ1n) is 6.19. The van der Waals surface area contributed by atoms with Gasteiger partial charge in [-0.15, -0.1) is 0 Å².